The average molecular weight is 390 g/mol. The predicted octanol–water partition coefficient (Wildman–Crippen LogP) is 0.896. The van der Waals surface area contributed by atoms with Gasteiger partial charge in [0.05, 0.1) is 6.61 Å². The number of aromatic amines is 1. The van der Waals surface area contributed by atoms with E-state index >= 15 is 0 Å². The van der Waals surface area contributed by atoms with Gasteiger partial charge in [0.2, 0.25) is 0 Å². The molecule has 2 aromatic rings. The minimum Gasteiger partial charge on any atom is -0.484 e. The highest BCUT2D eigenvalue weighted by molar-refractivity contribution is 5.96. The molecule has 0 aliphatic heterocycles. The van der Waals surface area contributed by atoms with E-state index in [4.69, 9.17) is 15.2 Å². The van der Waals surface area contributed by atoms with Gasteiger partial charge >= 0.3 is 5.69 Å². The van der Waals surface area contributed by atoms with Gasteiger partial charge in [-0.05, 0) is 31.0 Å². The third-order valence-corrected chi connectivity index (χ3v) is 4.10. The molecule has 1 aromatic heterocycles. The SMILES string of the molecule is CCCn1c(N)c(N(CCOC)C(=O)COc2cccc(C)c2)c(=O)[nH]c1=O. The summed E-state index contributed by atoms with van der Waals surface area (Å²) in [5.74, 6) is 0.00550. The minimum atomic E-state index is -0.727. The van der Waals surface area contributed by atoms with E-state index in [9.17, 15) is 14.4 Å². The Bertz CT molecular complexity index is 935. The second-order valence-electron chi connectivity index (χ2n) is 6.29. The lowest BCUT2D eigenvalue weighted by atomic mass is 10.2. The number of nitrogens with zero attached hydrogens (tertiary/aromatic N) is 2. The molecule has 1 heterocycles. The van der Waals surface area contributed by atoms with Crippen molar-refractivity contribution in [2.24, 2.45) is 0 Å². The van der Waals surface area contributed by atoms with Crippen molar-refractivity contribution in [1.29, 1.82) is 0 Å². The maximum Gasteiger partial charge on any atom is 0.330 e. The summed E-state index contributed by atoms with van der Waals surface area (Å²) in [6.07, 6.45) is 0.637. The van der Waals surface area contributed by atoms with Crippen molar-refractivity contribution in [2.75, 3.05) is 37.5 Å². The zero-order valence-corrected chi connectivity index (χ0v) is 16.4. The number of amides is 1. The van der Waals surface area contributed by atoms with Gasteiger partial charge in [-0.1, -0.05) is 19.1 Å². The monoisotopic (exact) mass is 390 g/mol. The number of H-pyrrole nitrogens is 1. The standard InChI is InChI=1S/C19H26N4O5/c1-4-8-23-17(20)16(18(25)21-19(23)26)22(9-10-27-3)15(24)12-28-14-7-5-6-13(2)11-14/h5-7,11H,4,8-10,12,20H2,1-3H3,(H,21,25,26). The summed E-state index contributed by atoms with van der Waals surface area (Å²) in [5, 5.41) is 0. The second kappa shape index (κ2) is 9.75. The number of carbonyl (C=O) groups is 1. The quantitative estimate of drug-likeness (QED) is 0.656. The number of anilines is 2. The fraction of sp³-hybridized carbons (Fsp3) is 0.421. The molecule has 0 saturated heterocycles. The van der Waals surface area contributed by atoms with Crippen LogP contribution in [0, 0.1) is 6.92 Å². The number of nitrogens with two attached hydrogens (primary N) is 1. The number of carbonyl (C=O) groups excluding carboxylic acids is 1. The van der Waals surface area contributed by atoms with Gasteiger partial charge in [-0.2, -0.15) is 0 Å². The molecule has 2 rings (SSSR count). The van der Waals surface area contributed by atoms with Crippen LogP contribution in [0.3, 0.4) is 0 Å². The molecule has 0 atom stereocenters. The Morgan fingerprint density at radius 2 is 2.07 bits per heavy atom. The lowest BCUT2D eigenvalue weighted by molar-refractivity contribution is -0.120. The molecule has 9 heteroatoms. The van der Waals surface area contributed by atoms with Gasteiger partial charge in [0.15, 0.2) is 12.3 Å². The Labute approximate surface area is 162 Å². The summed E-state index contributed by atoms with van der Waals surface area (Å²) >= 11 is 0. The van der Waals surface area contributed by atoms with E-state index in [1.807, 2.05) is 26.0 Å². The Kier molecular flexibility index (Phi) is 7.39. The predicted molar refractivity (Wildman–Crippen MR) is 107 cm³/mol. The van der Waals surface area contributed by atoms with Crippen molar-refractivity contribution in [3.05, 3.63) is 50.7 Å². The van der Waals surface area contributed by atoms with E-state index in [2.05, 4.69) is 4.98 Å². The maximum atomic E-state index is 12.8. The molecule has 1 amide bonds. The third-order valence-electron chi connectivity index (χ3n) is 4.10. The molecule has 0 fully saturated rings. The lowest BCUT2D eigenvalue weighted by Gasteiger charge is -2.24. The van der Waals surface area contributed by atoms with Crippen LogP contribution in [0.2, 0.25) is 0 Å². The number of aryl methyl sites for hydroxylation is 1. The highest BCUT2D eigenvalue weighted by Crippen LogP contribution is 2.18. The van der Waals surface area contributed by atoms with Crippen LogP contribution in [-0.2, 0) is 16.1 Å². The molecule has 0 aliphatic carbocycles. The molecule has 0 radical (unpaired) electrons. The van der Waals surface area contributed by atoms with Crippen LogP contribution in [0.1, 0.15) is 18.9 Å². The topological polar surface area (TPSA) is 120 Å². The first-order chi connectivity index (χ1) is 13.4. The molecule has 28 heavy (non-hydrogen) atoms. The van der Waals surface area contributed by atoms with E-state index in [0.717, 1.165) is 5.56 Å². The smallest absolute Gasteiger partial charge is 0.330 e. The number of rotatable bonds is 9. The van der Waals surface area contributed by atoms with Crippen molar-refractivity contribution in [2.45, 2.75) is 26.8 Å². The molecular weight excluding hydrogens is 364 g/mol. The number of benzene rings is 1. The molecule has 0 bridgehead atoms. The van der Waals surface area contributed by atoms with E-state index in [1.165, 1.54) is 16.6 Å². The Morgan fingerprint density at radius 1 is 1.32 bits per heavy atom. The van der Waals surface area contributed by atoms with Crippen molar-refractivity contribution in [3.63, 3.8) is 0 Å². The summed E-state index contributed by atoms with van der Waals surface area (Å²) in [7, 11) is 1.48. The van der Waals surface area contributed by atoms with Crippen LogP contribution < -0.4 is 26.6 Å². The summed E-state index contributed by atoms with van der Waals surface area (Å²) in [6, 6.07) is 7.27. The fourth-order valence-corrected chi connectivity index (χ4v) is 2.76. The third kappa shape index (κ3) is 5.01. The number of hydrogen-bond acceptors (Lipinski definition) is 6. The zero-order chi connectivity index (χ0) is 20.7. The number of ether oxygens (including phenoxy) is 2. The van der Waals surface area contributed by atoms with Crippen LogP contribution in [0.15, 0.2) is 33.9 Å². The van der Waals surface area contributed by atoms with E-state index in [-0.39, 0.29) is 31.3 Å². The van der Waals surface area contributed by atoms with Gasteiger partial charge in [0.1, 0.15) is 11.6 Å². The number of nitrogens with one attached hydrogen (secondary N) is 1. The summed E-state index contributed by atoms with van der Waals surface area (Å²) < 4.78 is 11.8. The minimum absolute atomic E-state index is 0.0596. The first kappa shape index (κ1) is 21.2. The van der Waals surface area contributed by atoms with Crippen molar-refractivity contribution >= 4 is 17.4 Å². The molecule has 0 unspecified atom stereocenters. The average Bonchev–Trinajstić information content (AvgIpc) is 2.65. The van der Waals surface area contributed by atoms with Gasteiger partial charge in [-0.3, -0.25) is 24.0 Å². The molecule has 0 aliphatic rings. The van der Waals surface area contributed by atoms with Gasteiger partial charge in [0.25, 0.3) is 11.5 Å². The van der Waals surface area contributed by atoms with Gasteiger partial charge < -0.3 is 15.2 Å². The van der Waals surface area contributed by atoms with Gasteiger partial charge in [-0.25, -0.2) is 4.79 Å². The maximum absolute atomic E-state index is 12.8. The Balaban J connectivity index is 2.35. The van der Waals surface area contributed by atoms with Crippen LogP contribution >= 0.6 is 0 Å². The number of aromatic nitrogens is 2. The summed E-state index contributed by atoms with van der Waals surface area (Å²) in [4.78, 5) is 40.7. The van der Waals surface area contributed by atoms with Crippen LogP contribution in [0.25, 0.3) is 0 Å². The normalized spacial score (nSPS) is 10.7. The lowest BCUT2D eigenvalue weighted by Crippen LogP contribution is -2.44. The van der Waals surface area contributed by atoms with Crippen molar-refractivity contribution < 1.29 is 14.3 Å². The molecule has 3 N–H and O–H groups in total. The molecule has 1 aromatic carbocycles. The van der Waals surface area contributed by atoms with Crippen LogP contribution in [0.4, 0.5) is 11.5 Å². The highest BCUT2D eigenvalue weighted by atomic mass is 16.5. The summed E-state index contributed by atoms with van der Waals surface area (Å²) in [6.45, 7) is 4.09. The summed E-state index contributed by atoms with van der Waals surface area (Å²) in [5.41, 5.74) is 5.65. The first-order valence-corrected chi connectivity index (χ1v) is 9.00. The van der Waals surface area contributed by atoms with Crippen molar-refractivity contribution in [3.8, 4) is 5.75 Å². The fourth-order valence-electron chi connectivity index (χ4n) is 2.76. The second-order valence-corrected chi connectivity index (χ2v) is 6.29. The van der Waals surface area contributed by atoms with E-state index < -0.39 is 17.2 Å². The first-order valence-electron chi connectivity index (χ1n) is 9.00. The molecular formula is C19H26N4O5. The van der Waals surface area contributed by atoms with Gasteiger partial charge in [0, 0.05) is 20.2 Å². The number of nitrogen functional groups attached to an aromatic ring is 1. The molecule has 0 spiro atoms. The largest absolute Gasteiger partial charge is 0.484 e. The highest BCUT2D eigenvalue weighted by Gasteiger charge is 2.24. The molecule has 0 saturated carbocycles. The van der Waals surface area contributed by atoms with Gasteiger partial charge in [-0.15, -0.1) is 0 Å². The van der Waals surface area contributed by atoms with Crippen LogP contribution in [0.5, 0.6) is 5.75 Å². The molecule has 9 nitrogen and oxygen atoms in total. The molecule has 152 valence electrons. The van der Waals surface area contributed by atoms with Crippen LogP contribution in [-0.4, -0.2) is 42.3 Å². The number of hydrogen-bond donors (Lipinski definition) is 2. The zero-order valence-electron chi connectivity index (χ0n) is 16.4. The van der Waals surface area contributed by atoms with Crippen molar-refractivity contribution in [1.82, 2.24) is 9.55 Å². The Hall–Kier alpha value is -3.07. The Morgan fingerprint density at radius 3 is 2.71 bits per heavy atom. The number of methoxy groups -OCH3 is 1. The van der Waals surface area contributed by atoms with E-state index in [1.54, 1.807) is 12.1 Å². The van der Waals surface area contributed by atoms with E-state index in [0.29, 0.717) is 18.7 Å².